The molecule has 4 nitrogen and oxygen atoms in total. The summed E-state index contributed by atoms with van der Waals surface area (Å²) in [6, 6.07) is 11.3. The molecule has 0 spiro atoms. The molecule has 0 aliphatic carbocycles. The highest BCUT2D eigenvalue weighted by Gasteiger charge is 2.35. The van der Waals surface area contributed by atoms with Gasteiger partial charge >= 0.3 is 0 Å². The van der Waals surface area contributed by atoms with Crippen LogP contribution in [0, 0.1) is 5.82 Å². The molecular weight excluding hydrogens is 387 g/mol. The number of rotatable bonds is 5. The van der Waals surface area contributed by atoms with Crippen molar-refractivity contribution in [2.75, 3.05) is 20.6 Å². The molecule has 2 aromatic rings. The molecule has 1 unspecified atom stereocenters. The summed E-state index contributed by atoms with van der Waals surface area (Å²) in [7, 11) is 0.210. The van der Waals surface area contributed by atoms with Gasteiger partial charge in [-0.2, -0.15) is 4.31 Å². The third-order valence-corrected chi connectivity index (χ3v) is 7.19. The minimum absolute atomic E-state index is 0.0401. The Morgan fingerprint density at radius 1 is 1.15 bits per heavy atom. The van der Waals surface area contributed by atoms with Crippen molar-refractivity contribution in [2.45, 2.75) is 36.7 Å². The Morgan fingerprint density at radius 2 is 1.85 bits per heavy atom. The summed E-state index contributed by atoms with van der Waals surface area (Å²) >= 11 is 6.05. The van der Waals surface area contributed by atoms with E-state index in [2.05, 4.69) is 4.90 Å². The molecule has 3 rings (SSSR count). The number of sulfonamides is 1. The average Bonchev–Trinajstić information content (AvgIpc) is 2.61. The number of nitrogens with zero attached hydrogens (tertiary/aromatic N) is 2. The Balaban J connectivity index is 1.93. The Bertz CT molecular complexity index is 901. The molecule has 1 aliphatic rings. The molecule has 1 atom stereocenters. The quantitative estimate of drug-likeness (QED) is 0.730. The summed E-state index contributed by atoms with van der Waals surface area (Å²) in [6.07, 6.45) is 2.52. The van der Waals surface area contributed by atoms with Crippen LogP contribution in [0.5, 0.6) is 0 Å². The lowest BCUT2D eigenvalue weighted by Gasteiger charge is -2.35. The van der Waals surface area contributed by atoms with Crippen LogP contribution in [0.4, 0.5) is 4.39 Å². The van der Waals surface area contributed by atoms with Gasteiger partial charge in [-0.3, -0.25) is 0 Å². The van der Waals surface area contributed by atoms with E-state index < -0.39 is 15.8 Å². The first kappa shape index (κ1) is 20.3. The average molecular weight is 411 g/mol. The van der Waals surface area contributed by atoms with Gasteiger partial charge in [-0.25, -0.2) is 12.8 Å². The van der Waals surface area contributed by atoms with Crippen molar-refractivity contribution in [2.24, 2.45) is 0 Å². The normalized spacial score (nSPS) is 18.8. The van der Waals surface area contributed by atoms with Gasteiger partial charge in [-0.1, -0.05) is 42.3 Å². The van der Waals surface area contributed by atoms with E-state index >= 15 is 0 Å². The van der Waals surface area contributed by atoms with E-state index in [0.29, 0.717) is 6.54 Å². The lowest BCUT2D eigenvalue weighted by Crippen LogP contribution is -2.38. The van der Waals surface area contributed by atoms with Crippen LogP contribution in [0.1, 0.15) is 36.4 Å². The maximum atomic E-state index is 13.4. The smallest absolute Gasteiger partial charge is 0.245 e. The van der Waals surface area contributed by atoms with Crippen molar-refractivity contribution < 1.29 is 12.8 Å². The molecule has 1 saturated heterocycles. The van der Waals surface area contributed by atoms with Gasteiger partial charge in [0.1, 0.15) is 10.7 Å². The van der Waals surface area contributed by atoms with Gasteiger partial charge in [0, 0.05) is 13.1 Å². The predicted molar refractivity (Wildman–Crippen MR) is 106 cm³/mol. The van der Waals surface area contributed by atoms with Gasteiger partial charge in [0.15, 0.2) is 0 Å². The third-order valence-electron chi connectivity index (χ3n) is 4.80. The second kappa shape index (κ2) is 8.27. The molecule has 1 fully saturated rings. The molecule has 1 aliphatic heterocycles. The van der Waals surface area contributed by atoms with E-state index in [0.717, 1.165) is 43.5 Å². The third kappa shape index (κ3) is 4.51. The van der Waals surface area contributed by atoms with E-state index in [-0.39, 0.29) is 16.0 Å². The first-order valence-electron chi connectivity index (χ1n) is 8.99. The van der Waals surface area contributed by atoms with Crippen LogP contribution in [0.2, 0.25) is 5.02 Å². The van der Waals surface area contributed by atoms with E-state index in [4.69, 9.17) is 11.6 Å². The van der Waals surface area contributed by atoms with Gasteiger partial charge in [-0.15, -0.1) is 0 Å². The molecule has 27 heavy (non-hydrogen) atoms. The molecule has 7 heteroatoms. The first-order chi connectivity index (χ1) is 12.8. The Kier molecular flexibility index (Phi) is 6.21. The topological polar surface area (TPSA) is 40.6 Å². The van der Waals surface area contributed by atoms with Crippen molar-refractivity contribution in [3.8, 4) is 0 Å². The van der Waals surface area contributed by atoms with E-state index in [1.165, 1.54) is 15.9 Å². The van der Waals surface area contributed by atoms with E-state index in [1.807, 2.05) is 38.4 Å². The van der Waals surface area contributed by atoms with Gasteiger partial charge < -0.3 is 4.90 Å². The second-order valence-corrected chi connectivity index (χ2v) is 9.45. The largest absolute Gasteiger partial charge is 0.305 e. The Labute approximate surface area is 165 Å². The van der Waals surface area contributed by atoms with Crippen molar-refractivity contribution in [3.63, 3.8) is 0 Å². The summed E-state index contributed by atoms with van der Waals surface area (Å²) < 4.78 is 41.3. The number of benzene rings is 2. The highest BCUT2D eigenvalue weighted by molar-refractivity contribution is 7.89. The van der Waals surface area contributed by atoms with Gasteiger partial charge in [0.05, 0.1) is 11.1 Å². The SMILES string of the molecule is CN(C)Cc1ccc(C2CCCCN2S(=O)(=O)c2ccc(F)cc2Cl)cc1. The Morgan fingerprint density at radius 3 is 2.48 bits per heavy atom. The van der Waals surface area contributed by atoms with Crippen LogP contribution >= 0.6 is 11.6 Å². The summed E-state index contributed by atoms with van der Waals surface area (Å²) in [4.78, 5) is 2.05. The molecule has 0 saturated carbocycles. The highest BCUT2D eigenvalue weighted by atomic mass is 35.5. The second-order valence-electron chi connectivity index (χ2n) is 7.18. The predicted octanol–water partition coefficient (Wildman–Crippen LogP) is 4.46. The van der Waals surface area contributed by atoms with Crippen molar-refractivity contribution in [1.29, 1.82) is 0 Å². The summed E-state index contributed by atoms with van der Waals surface area (Å²) in [5, 5.41) is -0.0827. The minimum Gasteiger partial charge on any atom is -0.305 e. The zero-order valence-electron chi connectivity index (χ0n) is 15.5. The molecule has 0 radical (unpaired) electrons. The van der Waals surface area contributed by atoms with Gasteiger partial charge in [-0.05, 0) is 56.3 Å². The van der Waals surface area contributed by atoms with E-state index in [9.17, 15) is 12.8 Å². The van der Waals surface area contributed by atoms with E-state index in [1.54, 1.807) is 0 Å². The number of halogens is 2. The highest BCUT2D eigenvalue weighted by Crippen LogP contribution is 2.37. The molecular formula is C20H24ClFN2O2S. The van der Waals surface area contributed by atoms with Crippen LogP contribution in [0.25, 0.3) is 0 Å². The molecule has 0 bridgehead atoms. The summed E-state index contributed by atoms with van der Waals surface area (Å²) in [5.74, 6) is -0.550. The Hall–Kier alpha value is -1.47. The molecule has 1 heterocycles. The monoisotopic (exact) mass is 410 g/mol. The molecule has 2 aromatic carbocycles. The lowest BCUT2D eigenvalue weighted by molar-refractivity contribution is 0.256. The van der Waals surface area contributed by atoms with Crippen LogP contribution in [0.3, 0.4) is 0 Å². The van der Waals surface area contributed by atoms with Gasteiger partial charge in [0.25, 0.3) is 0 Å². The molecule has 0 aromatic heterocycles. The van der Waals surface area contributed by atoms with Crippen LogP contribution in [0.15, 0.2) is 47.4 Å². The van der Waals surface area contributed by atoms with Crippen molar-refractivity contribution in [3.05, 3.63) is 64.4 Å². The fraction of sp³-hybridized carbons (Fsp3) is 0.400. The van der Waals surface area contributed by atoms with Crippen LogP contribution in [-0.4, -0.2) is 38.3 Å². The minimum atomic E-state index is -3.81. The number of hydrogen-bond donors (Lipinski definition) is 0. The maximum absolute atomic E-state index is 13.4. The van der Waals surface area contributed by atoms with Crippen LogP contribution < -0.4 is 0 Å². The first-order valence-corrected chi connectivity index (χ1v) is 10.8. The zero-order valence-corrected chi connectivity index (χ0v) is 17.1. The zero-order chi connectivity index (χ0) is 19.6. The molecule has 0 amide bonds. The van der Waals surface area contributed by atoms with Crippen LogP contribution in [-0.2, 0) is 16.6 Å². The van der Waals surface area contributed by atoms with Crippen molar-refractivity contribution in [1.82, 2.24) is 9.21 Å². The van der Waals surface area contributed by atoms with Gasteiger partial charge in [0.2, 0.25) is 10.0 Å². The maximum Gasteiger partial charge on any atom is 0.245 e. The molecule has 0 N–H and O–H groups in total. The summed E-state index contributed by atoms with van der Waals surface area (Å²) in [5.41, 5.74) is 2.15. The summed E-state index contributed by atoms with van der Waals surface area (Å²) in [6.45, 7) is 1.26. The standard InChI is InChI=1S/C20H24ClFN2O2S/c1-23(2)14-15-6-8-16(9-7-15)19-5-3-4-12-24(19)27(25,26)20-11-10-17(22)13-18(20)21/h6-11,13,19H,3-5,12,14H2,1-2H3. The number of piperidine rings is 1. The molecule has 146 valence electrons. The lowest BCUT2D eigenvalue weighted by atomic mass is 9.96. The fourth-order valence-electron chi connectivity index (χ4n) is 3.55. The number of hydrogen-bond acceptors (Lipinski definition) is 3. The fourth-order valence-corrected chi connectivity index (χ4v) is 5.74. The van der Waals surface area contributed by atoms with Crippen molar-refractivity contribution >= 4 is 21.6 Å².